The highest BCUT2D eigenvalue weighted by Gasteiger charge is 2.19. The first-order valence-corrected chi connectivity index (χ1v) is 7.22. The first-order chi connectivity index (χ1) is 8.58. The molecule has 2 atom stereocenters. The number of nitrogens with zero attached hydrogens (tertiary/aromatic N) is 2. The van der Waals surface area contributed by atoms with Crippen LogP contribution < -0.4 is 0 Å². The van der Waals surface area contributed by atoms with E-state index >= 15 is 0 Å². The largest absolute Gasteiger partial charge is 0.324 e. The summed E-state index contributed by atoms with van der Waals surface area (Å²) in [6.07, 6.45) is 1.13. The predicted octanol–water partition coefficient (Wildman–Crippen LogP) is 5.04. The van der Waals surface area contributed by atoms with Gasteiger partial charge in [-0.1, -0.05) is 31.9 Å². The number of hydrogen-bond acceptors (Lipinski definition) is 1. The fourth-order valence-electron chi connectivity index (χ4n) is 2.26. The third-order valence-corrected chi connectivity index (χ3v) is 4.19. The summed E-state index contributed by atoms with van der Waals surface area (Å²) in [5.74, 6) is 1.91. The van der Waals surface area contributed by atoms with Crippen molar-refractivity contribution in [2.45, 2.75) is 39.1 Å². The standard InChI is InChI=1S/C14H18Cl2N2/c1-4-9(2)10(3)18-13-7-11(16)5-6-12(13)17-14(18)8-15/h5-7,9-10H,4,8H2,1-3H3. The minimum absolute atomic E-state index is 0.368. The Morgan fingerprint density at radius 2 is 2.06 bits per heavy atom. The van der Waals surface area contributed by atoms with E-state index in [9.17, 15) is 0 Å². The number of benzene rings is 1. The minimum Gasteiger partial charge on any atom is -0.324 e. The maximum absolute atomic E-state index is 6.09. The molecule has 1 heterocycles. The smallest absolute Gasteiger partial charge is 0.125 e. The number of rotatable bonds is 4. The first-order valence-electron chi connectivity index (χ1n) is 6.30. The molecule has 0 fully saturated rings. The Bertz CT molecular complexity index is 548. The van der Waals surface area contributed by atoms with Crippen LogP contribution in [0, 0.1) is 5.92 Å². The molecule has 0 amide bonds. The van der Waals surface area contributed by atoms with Crippen molar-refractivity contribution in [1.82, 2.24) is 9.55 Å². The zero-order valence-electron chi connectivity index (χ0n) is 11.0. The molecule has 0 aliphatic heterocycles. The molecule has 0 saturated carbocycles. The Hall–Kier alpha value is -0.730. The van der Waals surface area contributed by atoms with Gasteiger partial charge in [-0.25, -0.2) is 4.98 Å². The molecule has 0 saturated heterocycles. The molecule has 2 aromatic rings. The average molecular weight is 285 g/mol. The van der Waals surface area contributed by atoms with Gasteiger partial charge in [0.05, 0.1) is 16.9 Å². The van der Waals surface area contributed by atoms with E-state index in [-0.39, 0.29) is 0 Å². The van der Waals surface area contributed by atoms with Crippen LogP contribution in [0.4, 0.5) is 0 Å². The second-order valence-corrected chi connectivity index (χ2v) is 5.49. The van der Waals surface area contributed by atoms with Crippen molar-refractivity contribution in [3.05, 3.63) is 29.0 Å². The fourth-order valence-corrected chi connectivity index (χ4v) is 2.62. The van der Waals surface area contributed by atoms with Crippen LogP contribution in [0.2, 0.25) is 5.02 Å². The van der Waals surface area contributed by atoms with Gasteiger partial charge in [0.25, 0.3) is 0 Å². The minimum atomic E-state index is 0.368. The molecule has 0 aliphatic carbocycles. The van der Waals surface area contributed by atoms with Crippen molar-refractivity contribution in [2.75, 3.05) is 0 Å². The van der Waals surface area contributed by atoms with Gasteiger partial charge in [0.2, 0.25) is 0 Å². The summed E-state index contributed by atoms with van der Waals surface area (Å²) < 4.78 is 2.22. The Balaban J connectivity index is 2.62. The van der Waals surface area contributed by atoms with E-state index in [1.807, 2.05) is 18.2 Å². The lowest BCUT2D eigenvalue weighted by atomic mass is 10.0. The second kappa shape index (κ2) is 5.50. The molecule has 18 heavy (non-hydrogen) atoms. The molecule has 0 spiro atoms. The molecular weight excluding hydrogens is 267 g/mol. The summed E-state index contributed by atoms with van der Waals surface area (Å²) in [6.45, 7) is 6.67. The van der Waals surface area contributed by atoms with Crippen LogP contribution in [0.3, 0.4) is 0 Å². The van der Waals surface area contributed by atoms with Gasteiger partial charge in [-0.05, 0) is 31.0 Å². The number of alkyl halides is 1. The van der Waals surface area contributed by atoms with E-state index in [4.69, 9.17) is 23.2 Å². The van der Waals surface area contributed by atoms with Gasteiger partial charge in [0.15, 0.2) is 0 Å². The van der Waals surface area contributed by atoms with E-state index in [1.54, 1.807) is 0 Å². The van der Waals surface area contributed by atoms with Crippen LogP contribution in [0.1, 0.15) is 39.1 Å². The number of halogens is 2. The molecule has 1 aromatic carbocycles. The topological polar surface area (TPSA) is 17.8 Å². The Morgan fingerprint density at radius 1 is 1.33 bits per heavy atom. The second-order valence-electron chi connectivity index (χ2n) is 4.79. The average Bonchev–Trinajstić information content (AvgIpc) is 2.74. The highest BCUT2D eigenvalue weighted by molar-refractivity contribution is 6.31. The summed E-state index contributed by atoms with van der Waals surface area (Å²) in [4.78, 5) is 4.58. The van der Waals surface area contributed by atoms with E-state index in [0.717, 1.165) is 28.3 Å². The van der Waals surface area contributed by atoms with Gasteiger partial charge >= 0.3 is 0 Å². The molecule has 2 nitrogen and oxygen atoms in total. The van der Waals surface area contributed by atoms with Crippen molar-refractivity contribution >= 4 is 34.2 Å². The zero-order valence-corrected chi connectivity index (χ0v) is 12.5. The molecule has 0 bridgehead atoms. The zero-order chi connectivity index (χ0) is 13.3. The third-order valence-electron chi connectivity index (χ3n) is 3.72. The highest BCUT2D eigenvalue weighted by Crippen LogP contribution is 2.29. The number of imidazole rings is 1. The first kappa shape index (κ1) is 13.7. The van der Waals surface area contributed by atoms with Gasteiger partial charge < -0.3 is 4.57 Å². The molecule has 2 unspecified atom stereocenters. The monoisotopic (exact) mass is 284 g/mol. The number of hydrogen-bond donors (Lipinski definition) is 0. The van der Waals surface area contributed by atoms with E-state index < -0.39 is 0 Å². The molecule has 4 heteroatoms. The van der Waals surface area contributed by atoms with Crippen molar-refractivity contribution in [3.8, 4) is 0 Å². The lowest BCUT2D eigenvalue weighted by Gasteiger charge is -2.22. The lowest BCUT2D eigenvalue weighted by Crippen LogP contribution is -2.15. The number of aromatic nitrogens is 2. The number of fused-ring (bicyclic) bond motifs is 1. The van der Waals surface area contributed by atoms with Crippen LogP contribution in [0.5, 0.6) is 0 Å². The fraction of sp³-hybridized carbons (Fsp3) is 0.500. The molecule has 0 aliphatic rings. The maximum atomic E-state index is 6.09. The van der Waals surface area contributed by atoms with Crippen LogP contribution in [-0.4, -0.2) is 9.55 Å². The highest BCUT2D eigenvalue weighted by atomic mass is 35.5. The van der Waals surface area contributed by atoms with Gasteiger partial charge in [-0.15, -0.1) is 11.6 Å². The van der Waals surface area contributed by atoms with E-state index in [1.165, 1.54) is 0 Å². The summed E-state index contributed by atoms with van der Waals surface area (Å²) in [5.41, 5.74) is 2.04. The van der Waals surface area contributed by atoms with Crippen molar-refractivity contribution in [3.63, 3.8) is 0 Å². The van der Waals surface area contributed by atoms with Crippen LogP contribution in [0.15, 0.2) is 18.2 Å². The SMILES string of the molecule is CCC(C)C(C)n1c(CCl)nc2ccc(Cl)cc21. The van der Waals surface area contributed by atoms with E-state index in [0.29, 0.717) is 17.8 Å². The third kappa shape index (κ3) is 2.36. The Kier molecular flexibility index (Phi) is 4.18. The summed E-state index contributed by atoms with van der Waals surface area (Å²) in [5, 5.41) is 0.737. The van der Waals surface area contributed by atoms with E-state index in [2.05, 4.69) is 30.3 Å². The summed E-state index contributed by atoms with van der Waals surface area (Å²) >= 11 is 12.1. The lowest BCUT2D eigenvalue weighted by molar-refractivity contribution is 0.371. The Morgan fingerprint density at radius 3 is 2.67 bits per heavy atom. The van der Waals surface area contributed by atoms with Gasteiger partial charge in [-0.3, -0.25) is 0 Å². The molecule has 2 rings (SSSR count). The van der Waals surface area contributed by atoms with Gasteiger partial charge in [0, 0.05) is 11.1 Å². The summed E-state index contributed by atoms with van der Waals surface area (Å²) in [6, 6.07) is 6.16. The van der Waals surface area contributed by atoms with Crippen molar-refractivity contribution in [1.29, 1.82) is 0 Å². The normalized spacial score (nSPS) is 14.9. The molecule has 0 radical (unpaired) electrons. The van der Waals surface area contributed by atoms with Crippen LogP contribution in [0.25, 0.3) is 11.0 Å². The van der Waals surface area contributed by atoms with Crippen molar-refractivity contribution < 1.29 is 0 Å². The molecule has 98 valence electrons. The van der Waals surface area contributed by atoms with Crippen LogP contribution >= 0.6 is 23.2 Å². The molecule has 1 aromatic heterocycles. The van der Waals surface area contributed by atoms with Gasteiger partial charge in [0.1, 0.15) is 5.82 Å². The summed E-state index contributed by atoms with van der Waals surface area (Å²) in [7, 11) is 0. The quantitative estimate of drug-likeness (QED) is 0.720. The van der Waals surface area contributed by atoms with Crippen molar-refractivity contribution in [2.24, 2.45) is 5.92 Å². The molecule has 0 N–H and O–H groups in total. The molecular formula is C14H18Cl2N2. The van der Waals surface area contributed by atoms with Gasteiger partial charge in [-0.2, -0.15) is 0 Å². The maximum Gasteiger partial charge on any atom is 0.125 e. The Labute approximate surface area is 118 Å². The predicted molar refractivity (Wildman–Crippen MR) is 78.5 cm³/mol. The van der Waals surface area contributed by atoms with Crippen LogP contribution in [-0.2, 0) is 5.88 Å².